The SMILES string of the molecule is CCOC(=O)C1=C(C)N=C2SC=C(CC(=O)Nc3cccc(OC)c3)N2[C@H]1c1ccccc1C. The molecule has 4 rings (SSSR count). The monoisotopic (exact) mass is 477 g/mol. The molecule has 0 aromatic heterocycles. The molecule has 0 radical (unpaired) electrons. The second-order valence-electron chi connectivity index (χ2n) is 7.93. The van der Waals surface area contributed by atoms with Crippen molar-refractivity contribution in [3.63, 3.8) is 0 Å². The maximum absolute atomic E-state index is 13.0. The Labute approximate surface area is 203 Å². The van der Waals surface area contributed by atoms with Gasteiger partial charge in [-0.2, -0.15) is 0 Å². The fourth-order valence-electron chi connectivity index (χ4n) is 4.10. The molecule has 7 nitrogen and oxygen atoms in total. The number of carbonyl (C=O) groups excluding carboxylic acids is 2. The number of nitrogens with zero attached hydrogens (tertiary/aromatic N) is 2. The van der Waals surface area contributed by atoms with Gasteiger partial charge in [0.25, 0.3) is 0 Å². The second-order valence-corrected chi connectivity index (χ2v) is 8.76. The van der Waals surface area contributed by atoms with Gasteiger partial charge in [-0.3, -0.25) is 4.79 Å². The van der Waals surface area contributed by atoms with Crippen molar-refractivity contribution in [2.24, 2.45) is 4.99 Å². The molecule has 1 amide bonds. The van der Waals surface area contributed by atoms with E-state index in [1.165, 1.54) is 11.8 Å². The summed E-state index contributed by atoms with van der Waals surface area (Å²) in [5.74, 6) is 0.0974. The average molecular weight is 478 g/mol. The predicted molar refractivity (Wildman–Crippen MR) is 134 cm³/mol. The number of rotatable bonds is 7. The van der Waals surface area contributed by atoms with E-state index in [2.05, 4.69) is 10.3 Å². The Bertz CT molecular complexity index is 1220. The topological polar surface area (TPSA) is 80.2 Å². The molecule has 0 fully saturated rings. The number of aliphatic imine (C=N–C) groups is 1. The molecule has 0 saturated carbocycles. The van der Waals surface area contributed by atoms with Gasteiger partial charge in [0.05, 0.1) is 37.4 Å². The number of amidine groups is 1. The van der Waals surface area contributed by atoms with Gasteiger partial charge in [-0.25, -0.2) is 9.79 Å². The normalized spacial score (nSPS) is 17.1. The van der Waals surface area contributed by atoms with E-state index in [4.69, 9.17) is 9.47 Å². The molecule has 176 valence electrons. The Morgan fingerprint density at radius 1 is 1.15 bits per heavy atom. The zero-order valence-electron chi connectivity index (χ0n) is 19.6. The Morgan fingerprint density at radius 3 is 2.68 bits per heavy atom. The van der Waals surface area contributed by atoms with E-state index in [0.717, 1.165) is 22.0 Å². The minimum absolute atomic E-state index is 0.126. The van der Waals surface area contributed by atoms with E-state index in [1.54, 1.807) is 20.1 Å². The molecule has 8 heteroatoms. The largest absolute Gasteiger partial charge is 0.497 e. The first-order chi connectivity index (χ1) is 16.4. The number of thioether (sulfide) groups is 1. The van der Waals surface area contributed by atoms with Crippen molar-refractivity contribution in [1.82, 2.24) is 4.90 Å². The van der Waals surface area contributed by atoms with Gasteiger partial charge in [0.1, 0.15) is 5.75 Å². The summed E-state index contributed by atoms with van der Waals surface area (Å²) < 4.78 is 10.6. The van der Waals surface area contributed by atoms with E-state index in [9.17, 15) is 9.59 Å². The van der Waals surface area contributed by atoms with E-state index in [0.29, 0.717) is 22.7 Å². The van der Waals surface area contributed by atoms with E-state index >= 15 is 0 Å². The van der Waals surface area contributed by atoms with Crippen molar-refractivity contribution < 1.29 is 19.1 Å². The van der Waals surface area contributed by atoms with Crippen LogP contribution in [-0.2, 0) is 14.3 Å². The number of hydrogen-bond donors (Lipinski definition) is 1. The molecule has 0 bridgehead atoms. The summed E-state index contributed by atoms with van der Waals surface area (Å²) in [5.41, 5.74) is 4.55. The zero-order chi connectivity index (χ0) is 24.2. The Balaban J connectivity index is 1.66. The molecule has 2 heterocycles. The van der Waals surface area contributed by atoms with Gasteiger partial charge in [0.15, 0.2) is 5.17 Å². The third-order valence-corrected chi connectivity index (χ3v) is 6.56. The van der Waals surface area contributed by atoms with Crippen LogP contribution in [0.25, 0.3) is 0 Å². The molecule has 0 aliphatic carbocycles. The lowest BCUT2D eigenvalue weighted by Gasteiger charge is -2.37. The number of carbonyl (C=O) groups is 2. The lowest BCUT2D eigenvalue weighted by atomic mass is 9.91. The van der Waals surface area contributed by atoms with Crippen LogP contribution in [0.15, 0.2) is 75.9 Å². The molecule has 2 aromatic rings. The van der Waals surface area contributed by atoms with E-state index in [-0.39, 0.29) is 18.9 Å². The molecular formula is C26H27N3O4S. The fourth-order valence-corrected chi connectivity index (χ4v) is 5.06. The standard InChI is InChI=1S/C26H27N3O4S/c1-5-33-25(31)23-17(3)27-26-29(24(23)21-12-7-6-9-16(21)2)19(15-34-26)14-22(30)28-18-10-8-11-20(13-18)32-4/h6-13,15,24H,5,14H2,1-4H3,(H,28,30)/t24-/m0/s1. The van der Waals surface area contributed by atoms with Crippen LogP contribution in [-0.4, -0.2) is 35.7 Å². The number of aryl methyl sites for hydroxylation is 1. The number of ether oxygens (including phenoxy) is 2. The number of nitrogens with one attached hydrogen (secondary N) is 1. The zero-order valence-corrected chi connectivity index (χ0v) is 20.4. The summed E-state index contributed by atoms with van der Waals surface area (Å²) in [6, 6.07) is 14.7. The van der Waals surface area contributed by atoms with Crippen molar-refractivity contribution in [3.8, 4) is 5.75 Å². The van der Waals surface area contributed by atoms with Gasteiger partial charge in [-0.05, 0) is 49.4 Å². The fraction of sp³-hybridized carbons (Fsp3) is 0.269. The van der Waals surface area contributed by atoms with E-state index < -0.39 is 12.0 Å². The van der Waals surface area contributed by atoms with Crippen LogP contribution in [0.4, 0.5) is 5.69 Å². The number of methoxy groups -OCH3 is 1. The lowest BCUT2D eigenvalue weighted by Crippen LogP contribution is -2.37. The molecule has 2 aromatic carbocycles. The smallest absolute Gasteiger partial charge is 0.338 e. The Hall–Kier alpha value is -3.52. The van der Waals surface area contributed by atoms with Crippen LogP contribution in [0.2, 0.25) is 0 Å². The average Bonchev–Trinajstić information content (AvgIpc) is 3.20. The Kier molecular flexibility index (Phi) is 7.07. The maximum Gasteiger partial charge on any atom is 0.338 e. The number of esters is 1. The lowest BCUT2D eigenvalue weighted by molar-refractivity contribution is -0.139. The van der Waals surface area contributed by atoms with Crippen LogP contribution in [0.1, 0.15) is 37.4 Å². The molecule has 0 spiro atoms. The minimum atomic E-state index is -0.432. The number of fused-ring (bicyclic) bond motifs is 1. The van der Waals surface area contributed by atoms with Gasteiger partial charge in [-0.1, -0.05) is 42.1 Å². The quantitative estimate of drug-likeness (QED) is 0.554. The molecule has 1 atom stereocenters. The van der Waals surface area contributed by atoms with Gasteiger partial charge < -0.3 is 19.7 Å². The number of allylic oxidation sites excluding steroid dienone is 1. The van der Waals surface area contributed by atoms with Crippen molar-refractivity contribution in [1.29, 1.82) is 0 Å². The summed E-state index contributed by atoms with van der Waals surface area (Å²) in [6.07, 6.45) is 0.126. The molecule has 2 aliphatic heterocycles. The highest BCUT2D eigenvalue weighted by Crippen LogP contribution is 2.45. The van der Waals surface area contributed by atoms with Crippen molar-refractivity contribution >= 4 is 34.5 Å². The second kappa shape index (κ2) is 10.2. The van der Waals surface area contributed by atoms with Gasteiger partial charge in [0.2, 0.25) is 5.91 Å². The first kappa shape index (κ1) is 23.6. The Morgan fingerprint density at radius 2 is 1.94 bits per heavy atom. The number of anilines is 1. The molecule has 0 saturated heterocycles. The molecular weight excluding hydrogens is 450 g/mol. The third-order valence-electron chi connectivity index (χ3n) is 5.67. The van der Waals surface area contributed by atoms with Gasteiger partial charge in [0, 0.05) is 17.5 Å². The van der Waals surface area contributed by atoms with Crippen LogP contribution in [0.5, 0.6) is 5.75 Å². The first-order valence-corrected chi connectivity index (χ1v) is 11.9. The van der Waals surface area contributed by atoms with Crippen LogP contribution < -0.4 is 10.1 Å². The maximum atomic E-state index is 13.0. The highest BCUT2D eigenvalue weighted by Gasteiger charge is 2.41. The van der Waals surface area contributed by atoms with Gasteiger partial charge in [-0.15, -0.1) is 0 Å². The summed E-state index contributed by atoms with van der Waals surface area (Å²) in [7, 11) is 1.58. The summed E-state index contributed by atoms with van der Waals surface area (Å²) in [6.45, 7) is 5.90. The summed E-state index contributed by atoms with van der Waals surface area (Å²) in [5, 5.41) is 5.59. The summed E-state index contributed by atoms with van der Waals surface area (Å²) in [4.78, 5) is 32.7. The summed E-state index contributed by atoms with van der Waals surface area (Å²) >= 11 is 1.45. The predicted octanol–water partition coefficient (Wildman–Crippen LogP) is 5.17. The number of benzene rings is 2. The number of hydrogen-bond acceptors (Lipinski definition) is 7. The third kappa shape index (κ3) is 4.72. The van der Waals surface area contributed by atoms with Crippen LogP contribution >= 0.6 is 11.8 Å². The van der Waals surface area contributed by atoms with Crippen LogP contribution in [0.3, 0.4) is 0 Å². The molecule has 34 heavy (non-hydrogen) atoms. The minimum Gasteiger partial charge on any atom is -0.497 e. The van der Waals surface area contributed by atoms with Crippen molar-refractivity contribution in [3.05, 3.63) is 82.0 Å². The molecule has 2 aliphatic rings. The van der Waals surface area contributed by atoms with E-state index in [1.807, 2.05) is 66.6 Å². The van der Waals surface area contributed by atoms with Crippen LogP contribution in [0, 0.1) is 6.92 Å². The first-order valence-electron chi connectivity index (χ1n) is 11.0. The molecule has 0 unspecified atom stereocenters. The number of amides is 1. The highest BCUT2D eigenvalue weighted by atomic mass is 32.2. The van der Waals surface area contributed by atoms with Crippen molar-refractivity contribution in [2.45, 2.75) is 33.2 Å². The highest BCUT2D eigenvalue weighted by molar-refractivity contribution is 8.16. The molecule has 1 N–H and O–H groups in total. The van der Waals surface area contributed by atoms with Gasteiger partial charge >= 0.3 is 5.97 Å². The van der Waals surface area contributed by atoms with Crippen molar-refractivity contribution in [2.75, 3.05) is 19.0 Å².